The SMILES string of the molecule is CCN1C(=O)[C@H](CCCN)NC(=O)[C@@H](N)Cc2cc(ccc2O)-c2ccc(O)c(c2)C[C@H]1C(=O)NCCN.O=C(O)C(F)(F)F.O=C(O)C(F)(F)F.O=C(O)C(F)(F)F. The Morgan fingerprint density at radius 1 is 0.763 bits per heavy atom. The molecule has 0 aliphatic carbocycles. The van der Waals surface area contributed by atoms with E-state index in [2.05, 4.69) is 10.6 Å². The molecule has 2 aromatic rings. The van der Waals surface area contributed by atoms with Gasteiger partial charge >= 0.3 is 36.4 Å². The highest BCUT2D eigenvalue weighted by molar-refractivity contribution is 5.93. The third kappa shape index (κ3) is 18.5. The summed E-state index contributed by atoms with van der Waals surface area (Å²) in [7, 11) is 0. The van der Waals surface area contributed by atoms with Crippen LogP contribution in [0.5, 0.6) is 11.5 Å². The fraction of sp³-hybridized carbons (Fsp3) is 0.455. The molecule has 0 spiro atoms. The van der Waals surface area contributed by atoms with Gasteiger partial charge in [-0.25, -0.2) is 14.4 Å². The number of carboxylic acids is 3. The van der Waals surface area contributed by atoms with E-state index in [0.717, 1.165) is 11.1 Å². The average molecular weight is 869 g/mol. The number of carboxylic acid groups (broad SMARTS) is 3. The molecule has 1 aliphatic heterocycles. The average Bonchev–Trinajstić information content (AvgIpc) is 3.12. The van der Waals surface area contributed by atoms with Gasteiger partial charge in [-0.3, -0.25) is 14.4 Å². The number of alkyl halides is 9. The second-order valence-corrected chi connectivity index (χ2v) is 11.8. The number of benzene rings is 2. The number of aliphatic carboxylic acids is 3. The van der Waals surface area contributed by atoms with Gasteiger partial charge in [0.25, 0.3) is 0 Å². The molecule has 0 saturated heterocycles. The summed E-state index contributed by atoms with van der Waals surface area (Å²) < 4.78 is 95.2. The summed E-state index contributed by atoms with van der Waals surface area (Å²) in [5, 5.41) is 48.0. The van der Waals surface area contributed by atoms with Gasteiger partial charge in [-0.15, -0.1) is 0 Å². The Bertz CT molecular complexity index is 1700. The Kier molecular flexibility index (Phi) is 21.2. The van der Waals surface area contributed by atoms with E-state index in [4.69, 9.17) is 46.9 Å². The monoisotopic (exact) mass is 868 g/mol. The lowest BCUT2D eigenvalue weighted by Gasteiger charge is -2.33. The highest BCUT2D eigenvalue weighted by Gasteiger charge is 2.40. The fourth-order valence-corrected chi connectivity index (χ4v) is 4.64. The zero-order valence-electron chi connectivity index (χ0n) is 30.6. The van der Waals surface area contributed by atoms with Crippen molar-refractivity contribution >= 4 is 35.6 Å². The molecule has 4 bridgehead atoms. The fourth-order valence-electron chi connectivity index (χ4n) is 4.64. The number of nitrogens with zero attached hydrogens (tertiary/aromatic N) is 1. The summed E-state index contributed by atoms with van der Waals surface area (Å²) in [5.41, 5.74) is 19.9. The van der Waals surface area contributed by atoms with Gasteiger partial charge in [-0.1, -0.05) is 12.1 Å². The predicted octanol–water partition coefficient (Wildman–Crippen LogP) is 1.61. The molecule has 17 nitrogen and oxygen atoms in total. The van der Waals surface area contributed by atoms with Crippen LogP contribution in [0.3, 0.4) is 0 Å². The Hall–Kier alpha value is -5.89. The lowest BCUT2D eigenvalue weighted by Crippen LogP contribution is -2.58. The van der Waals surface area contributed by atoms with Crippen LogP contribution in [0, 0.1) is 0 Å². The molecule has 26 heteroatoms. The topological polar surface area (TPSA) is 309 Å². The number of carbonyl (C=O) groups excluding carboxylic acids is 3. The summed E-state index contributed by atoms with van der Waals surface area (Å²) in [4.78, 5) is 68.3. The molecule has 0 aromatic heterocycles. The number of likely N-dealkylation sites (N-methyl/N-ethyl adjacent to an activating group) is 1. The van der Waals surface area contributed by atoms with Crippen molar-refractivity contribution in [3.8, 4) is 22.6 Å². The summed E-state index contributed by atoms with van der Waals surface area (Å²) in [6.07, 6.45) is -14.5. The van der Waals surface area contributed by atoms with Crippen molar-refractivity contribution in [2.45, 2.75) is 69.3 Å². The van der Waals surface area contributed by atoms with E-state index in [0.29, 0.717) is 24.1 Å². The minimum Gasteiger partial charge on any atom is -0.508 e. The van der Waals surface area contributed by atoms with E-state index in [1.54, 1.807) is 31.2 Å². The first-order chi connectivity index (χ1) is 27.0. The molecule has 1 heterocycles. The molecule has 3 atom stereocenters. The molecule has 2 aromatic carbocycles. The third-order valence-corrected chi connectivity index (χ3v) is 7.47. The number of aromatic hydroxyl groups is 2. The highest BCUT2D eigenvalue weighted by Crippen LogP contribution is 2.31. The van der Waals surface area contributed by atoms with Crippen molar-refractivity contribution in [1.82, 2.24) is 15.5 Å². The number of fused-ring (bicyclic) bond motifs is 5. The van der Waals surface area contributed by atoms with Gasteiger partial charge in [-0.2, -0.15) is 39.5 Å². The van der Waals surface area contributed by atoms with E-state index in [1.807, 2.05) is 0 Å². The Morgan fingerprint density at radius 3 is 1.53 bits per heavy atom. The normalized spacial score (nSPS) is 17.1. The van der Waals surface area contributed by atoms with Gasteiger partial charge in [0.15, 0.2) is 0 Å². The number of nitrogens with two attached hydrogens (primary N) is 3. The largest absolute Gasteiger partial charge is 0.508 e. The number of phenols is 2. The first-order valence-electron chi connectivity index (χ1n) is 16.6. The maximum atomic E-state index is 13.8. The van der Waals surface area contributed by atoms with E-state index >= 15 is 0 Å². The second kappa shape index (κ2) is 23.5. The number of hydrogen-bond donors (Lipinski definition) is 10. The van der Waals surface area contributed by atoms with Crippen molar-refractivity contribution in [3.63, 3.8) is 0 Å². The summed E-state index contributed by atoms with van der Waals surface area (Å²) in [5.74, 6) is -9.74. The van der Waals surface area contributed by atoms with Crippen molar-refractivity contribution in [1.29, 1.82) is 0 Å². The zero-order chi connectivity index (χ0) is 46.1. The standard InChI is InChI=1S/C27H38N6O5.3C2HF3O2/c1-2-33-22(26(37)31-11-10-29)15-19-13-17(6-8-24(19)35)16-5-7-23(34)18(12-16)14-20(30)25(36)32-21(27(33)38)4-3-9-28;3*3-2(4,5)1(6)7/h5-8,12-13,20-22,34-35H,2-4,9-11,14-15,28-30H2,1H3,(H,31,37)(H,32,36);3*(H,6,7)/t20-,21-,22-;;;/m0.../s1. The van der Waals surface area contributed by atoms with E-state index in [1.165, 1.54) is 17.0 Å². The maximum Gasteiger partial charge on any atom is 0.490 e. The third-order valence-electron chi connectivity index (χ3n) is 7.47. The van der Waals surface area contributed by atoms with Crippen LogP contribution in [0.1, 0.15) is 30.9 Å². The lowest BCUT2D eigenvalue weighted by molar-refractivity contribution is -0.193. The molecular formula is C33H41F9N6O11. The maximum absolute atomic E-state index is 13.8. The van der Waals surface area contributed by atoms with Gasteiger partial charge in [-0.05, 0) is 72.8 Å². The van der Waals surface area contributed by atoms with Crippen LogP contribution in [0.2, 0.25) is 0 Å². The van der Waals surface area contributed by atoms with E-state index in [9.17, 15) is 64.1 Å². The Morgan fingerprint density at radius 2 is 1.17 bits per heavy atom. The smallest absolute Gasteiger partial charge is 0.490 e. The molecule has 0 fully saturated rings. The van der Waals surface area contributed by atoms with Crippen LogP contribution in [0.4, 0.5) is 39.5 Å². The number of phenolic OH excluding ortho intramolecular Hbond substituents is 2. The molecule has 332 valence electrons. The van der Waals surface area contributed by atoms with Crippen LogP contribution in [0.25, 0.3) is 11.1 Å². The van der Waals surface area contributed by atoms with Gasteiger partial charge in [0.1, 0.15) is 23.6 Å². The highest BCUT2D eigenvalue weighted by atomic mass is 19.4. The first-order valence-corrected chi connectivity index (χ1v) is 16.6. The number of hydrogen-bond acceptors (Lipinski definition) is 11. The van der Waals surface area contributed by atoms with Crippen molar-refractivity contribution in [2.75, 3.05) is 26.2 Å². The van der Waals surface area contributed by atoms with Crippen molar-refractivity contribution in [3.05, 3.63) is 47.5 Å². The number of amides is 3. The zero-order valence-corrected chi connectivity index (χ0v) is 30.6. The van der Waals surface area contributed by atoms with E-state index < -0.39 is 72.3 Å². The van der Waals surface area contributed by atoms with Crippen LogP contribution in [-0.4, -0.2) is 129 Å². The molecule has 3 rings (SSSR count). The van der Waals surface area contributed by atoms with Gasteiger partial charge < -0.3 is 58.3 Å². The van der Waals surface area contributed by atoms with Gasteiger partial charge in [0.05, 0.1) is 6.04 Å². The first kappa shape index (κ1) is 53.1. The summed E-state index contributed by atoms with van der Waals surface area (Å²) in [6, 6.07) is 6.99. The minimum absolute atomic E-state index is 0.00938. The molecule has 3 amide bonds. The molecule has 59 heavy (non-hydrogen) atoms. The lowest BCUT2D eigenvalue weighted by atomic mass is 9.95. The van der Waals surface area contributed by atoms with E-state index in [-0.39, 0.29) is 50.4 Å². The Labute approximate surface area is 327 Å². The van der Waals surface area contributed by atoms with Crippen molar-refractivity contribution in [2.24, 2.45) is 17.2 Å². The number of carbonyl (C=O) groups is 6. The molecule has 1 aliphatic rings. The Balaban J connectivity index is 0.00000131. The molecular weight excluding hydrogens is 827 g/mol. The van der Waals surface area contributed by atoms with Gasteiger partial charge in [0, 0.05) is 32.5 Å². The molecule has 0 unspecified atom stereocenters. The molecule has 0 saturated carbocycles. The van der Waals surface area contributed by atoms with Crippen LogP contribution < -0.4 is 27.8 Å². The van der Waals surface area contributed by atoms with Gasteiger partial charge in [0.2, 0.25) is 17.7 Å². The number of nitrogens with one attached hydrogen (secondary N) is 2. The summed E-state index contributed by atoms with van der Waals surface area (Å²) in [6.45, 7) is 2.66. The number of halogens is 9. The summed E-state index contributed by atoms with van der Waals surface area (Å²) >= 11 is 0. The number of rotatable bonds is 7. The van der Waals surface area contributed by atoms with Crippen LogP contribution in [-0.2, 0) is 41.6 Å². The van der Waals surface area contributed by atoms with Crippen LogP contribution >= 0.6 is 0 Å². The molecule has 13 N–H and O–H groups in total. The van der Waals surface area contributed by atoms with Crippen LogP contribution in [0.15, 0.2) is 36.4 Å². The quantitative estimate of drug-likeness (QED) is 0.177. The second-order valence-electron chi connectivity index (χ2n) is 11.8. The minimum atomic E-state index is -5.08. The molecule has 0 radical (unpaired) electrons. The van der Waals surface area contributed by atoms with Crippen molar-refractivity contribution < 1.29 is 93.8 Å². The predicted molar refractivity (Wildman–Crippen MR) is 185 cm³/mol.